The van der Waals surface area contributed by atoms with Gasteiger partial charge in [0.15, 0.2) is 0 Å². The molecule has 0 aliphatic carbocycles. The zero-order valence-electron chi connectivity index (χ0n) is 14.9. The predicted molar refractivity (Wildman–Crippen MR) is 93.9 cm³/mol. The number of rotatable bonds is 9. The molecule has 1 aromatic carbocycles. The highest BCUT2D eigenvalue weighted by Gasteiger charge is 2.35. The molecule has 1 aromatic rings. The maximum atomic E-state index is 3.77. The highest BCUT2D eigenvalue weighted by molar-refractivity contribution is 5.27. The summed E-state index contributed by atoms with van der Waals surface area (Å²) in [6, 6.07) is 9.59. The van der Waals surface area contributed by atoms with Gasteiger partial charge in [0.25, 0.3) is 0 Å². The first-order valence-electron chi connectivity index (χ1n) is 8.49. The third kappa shape index (κ3) is 4.55. The van der Waals surface area contributed by atoms with E-state index in [4.69, 9.17) is 0 Å². The van der Waals surface area contributed by atoms with Crippen molar-refractivity contribution < 1.29 is 0 Å². The van der Waals surface area contributed by atoms with Crippen molar-refractivity contribution in [2.24, 2.45) is 0 Å². The smallest absolute Gasteiger partial charge is 0.0504 e. The SMILES string of the molecule is CCCNC(c1ccc(CCC)cc1)C(C)(CC)N(C)C. The number of nitrogens with one attached hydrogen (secondary N) is 1. The van der Waals surface area contributed by atoms with Crippen LogP contribution in [0.25, 0.3) is 0 Å². The average Bonchev–Trinajstić information content (AvgIpc) is 2.48. The molecule has 0 heterocycles. The van der Waals surface area contributed by atoms with E-state index in [1.54, 1.807) is 0 Å². The summed E-state index contributed by atoms with van der Waals surface area (Å²) in [5, 5.41) is 3.77. The second-order valence-electron chi connectivity index (χ2n) is 6.48. The number of hydrogen-bond donors (Lipinski definition) is 1. The van der Waals surface area contributed by atoms with E-state index >= 15 is 0 Å². The van der Waals surface area contributed by atoms with Gasteiger partial charge in [0, 0.05) is 5.54 Å². The molecular weight excluding hydrogens is 256 g/mol. The molecule has 0 radical (unpaired) electrons. The molecule has 21 heavy (non-hydrogen) atoms. The summed E-state index contributed by atoms with van der Waals surface area (Å²) in [6.45, 7) is 10.2. The monoisotopic (exact) mass is 290 g/mol. The van der Waals surface area contributed by atoms with Crippen LogP contribution < -0.4 is 5.32 Å². The van der Waals surface area contributed by atoms with Crippen molar-refractivity contribution >= 4 is 0 Å². The fraction of sp³-hybridized carbons (Fsp3) is 0.684. The van der Waals surface area contributed by atoms with Crippen LogP contribution in [0.3, 0.4) is 0 Å². The van der Waals surface area contributed by atoms with Gasteiger partial charge in [-0.2, -0.15) is 0 Å². The summed E-state index contributed by atoms with van der Waals surface area (Å²) in [7, 11) is 4.38. The van der Waals surface area contributed by atoms with E-state index in [1.807, 2.05) is 0 Å². The molecular formula is C19H34N2. The van der Waals surface area contributed by atoms with Gasteiger partial charge in [-0.05, 0) is 58.0 Å². The summed E-state index contributed by atoms with van der Waals surface area (Å²) in [5.74, 6) is 0. The number of nitrogens with zero attached hydrogens (tertiary/aromatic N) is 1. The molecule has 120 valence electrons. The van der Waals surface area contributed by atoms with Crippen LogP contribution in [0.5, 0.6) is 0 Å². The van der Waals surface area contributed by atoms with Crippen LogP contribution in [-0.2, 0) is 6.42 Å². The normalized spacial score (nSPS) is 16.0. The van der Waals surface area contributed by atoms with E-state index < -0.39 is 0 Å². The van der Waals surface area contributed by atoms with Crippen molar-refractivity contribution in [2.75, 3.05) is 20.6 Å². The highest BCUT2D eigenvalue weighted by Crippen LogP contribution is 2.33. The Morgan fingerprint density at radius 3 is 2.10 bits per heavy atom. The van der Waals surface area contributed by atoms with Crippen molar-refractivity contribution in [3.63, 3.8) is 0 Å². The Bertz CT molecular complexity index is 397. The molecule has 0 aliphatic heterocycles. The Kier molecular flexibility index (Phi) is 7.41. The molecule has 2 nitrogen and oxygen atoms in total. The van der Waals surface area contributed by atoms with Crippen LogP contribution in [0.15, 0.2) is 24.3 Å². The minimum Gasteiger partial charge on any atom is -0.308 e. The van der Waals surface area contributed by atoms with E-state index in [1.165, 1.54) is 24.0 Å². The van der Waals surface area contributed by atoms with Crippen LogP contribution in [0.4, 0.5) is 0 Å². The van der Waals surface area contributed by atoms with Gasteiger partial charge in [-0.25, -0.2) is 0 Å². The van der Waals surface area contributed by atoms with Crippen LogP contribution in [0, 0.1) is 0 Å². The van der Waals surface area contributed by atoms with Gasteiger partial charge < -0.3 is 10.2 Å². The maximum Gasteiger partial charge on any atom is 0.0504 e. The molecule has 2 unspecified atom stereocenters. The van der Waals surface area contributed by atoms with Crippen LogP contribution in [-0.4, -0.2) is 31.1 Å². The summed E-state index contributed by atoms with van der Waals surface area (Å²) in [5.41, 5.74) is 2.97. The molecule has 0 amide bonds. The lowest BCUT2D eigenvalue weighted by molar-refractivity contribution is 0.113. The lowest BCUT2D eigenvalue weighted by Crippen LogP contribution is -2.51. The van der Waals surface area contributed by atoms with Crippen molar-refractivity contribution in [2.45, 2.75) is 65.0 Å². The van der Waals surface area contributed by atoms with Gasteiger partial charge in [-0.1, -0.05) is 51.5 Å². The minimum absolute atomic E-state index is 0.126. The van der Waals surface area contributed by atoms with Crippen molar-refractivity contribution in [3.05, 3.63) is 35.4 Å². The Hall–Kier alpha value is -0.860. The molecule has 2 atom stereocenters. The second kappa shape index (κ2) is 8.55. The van der Waals surface area contributed by atoms with Crippen molar-refractivity contribution in [1.82, 2.24) is 10.2 Å². The Morgan fingerprint density at radius 2 is 1.67 bits per heavy atom. The third-order valence-corrected chi connectivity index (χ3v) is 4.81. The number of benzene rings is 1. The predicted octanol–water partition coefficient (Wildman–Crippen LogP) is 4.41. The van der Waals surface area contributed by atoms with E-state index in [-0.39, 0.29) is 5.54 Å². The van der Waals surface area contributed by atoms with Gasteiger partial charge in [0.2, 0.25) is 0 Å². The lowest BCUT2D eigenvalue weighted by Gasteiger charge is -2.43. The van der Waals surface area contributed by atoms with Gasteiger partial charge in [0.05, 0.1) is 6.04 Å². The lowest BCUT2D eigenvalue weighted by atomic mass is 9.83. The van der Waals surface area contributed by atoms with Gasteiger partial charge >= 0.3 is 0 Å². The Labute approximate surface area is 131 Å². The average molecular weight is 290 g/mol. The molecule has 0 spiro atoms. The zero-order chi connectivity index (χ0) is 15.9. The van der Waals surface area contributed by atoms with Crippen molar-refractivity contribution in [1.29, 1.82) is 0 Å². The standard InChI is InChI=1S/C19H34N2/c1-7-10-16-11-13-17(14-12-16)18(20-15-8-2)19(4,9-3)21(5)6/h11-14,18,20H,7-10,15H2,1-6H3. The van der Waals surface area contributed by atoms with E-state index in [2.05, 4.69) is 76.3 Å². The molecule has 0 aromatic heterocycles. The Balaban J connectivity index is 3.06. The first kappa shape index (κ1) is 18.2. The molecule has 2 heteroatoms. The molecule has 1 rings (SSSR count). The first-order valence-corrected chi connectivity index (χ1v) is 8.49. The molecule has 1 N–H and O–H groups in total. The summed E-state index contributed by atoms with van der Waals surface area (Å²) >= 11 is 0. The molecule has 0 saturated carbocycles. The van der Waals surface area contributed by atoms with Crippen LogP contribution in [0.1, 0.15) is 64.1 Å². The fourth-order valence-corrected chi connectivity index (χ4v) is 2.93. The first-order chi connectivity index (χ1) is 9.99. The Morgan fingerprint density at radius 1 is 1.05 bits per heavy atom. The van der Waals surface area contributed by atoms with Gasteiger partial charge in [-0.3, -0.25) is 0 Å². The van der Waals surface area contributed by atoms with Gasteiger partial charge in [0.1, 0.15) is 0 Å². The largest absolute Gasteiger partial charge is 0.308 e. The minimum atomic E-state index is 0.126. The summed E-state index contributed by atoms with van der Waals surface area (Å²) in [4.78, 5) is 2.36. The van der Waals surface area contributed by atoms with Crippen LogP contribution >= 0.6 is 0 Å². The number of likely N-dealkylation sites (N-methyl/N-ethyl adjacent to an activating group) is 1. The van der Waals surface area contributed by atoms with Crippen LogP contribution in [0.2, 0.25) is 0 Å². The molecule has 0 bridgehead atoms. The quantitative estimate of drug-likeness (QED) is 0.724. The molecule has 0 saturated heterocycles. The summed E-state index contributed by atoms with van der Waals surface area (Å²) < 4.78 is 0. The zero-order valence-corrected chi connectivity index (χ0v) is 14.9. The second-order valence-corrected chi connectivity index (χ2v) is 6.48. The van der Waals surface area contributed by atoms with E-state index in [9.17, 15) is 0 Å². The van der Waals surface area contributed by atoms with E-state index in [0.717, 1.165) is 19.4 Å². The number of hydrogen-bond acceptors (Lipinski definition) is 2. The summed E-state index contributed by atoms with van der Waals surface area (Å²) in [6.07, 6.45) is 4.67. The molecule has 0 fully saturated rings. The topological polar surface area (TPSA) is 15.3 Å². The highest BCUT2D eigenvalue weighted by atomic mass is 15.2. The maximum absolute atomic E-state index is 3.77. The number of aryl methyl sites for hydroxylation is 1. The van der Waals surface area contributed by atoms with E-state index in [0.29, 0.717) is 6.04 Å². The molecule has 0 aliphatic rings. The third-order valence-electron chi connectivity index (χ3n) is 4.81. The van der Waals surface area contributed by atoms with Crippen molar-refractivity contribution in [3.8, 4) is 0 Å². The fourth-order valence-electron chi connectivity index (χ4n) is 2.93. The van der Waals surface area contributed by atoms with Gasteiger partial charge in [-0.15, -0.1) is 0 Å².